The predicted molar refractivity (Wildman–Crippen MR) is 117 cm³/mol. The van der Waals surface area contributed by atoms with Crippen LogP contribution in [0.3, 0.4) is 0 Å². The van der Waals surface area contributed by atoms with E-state index in [-0.39, 0.29) is 17.1 Å². The lowest BCUT2D eigenvalue weighted by atomic mass is 9.93. The van der Waals surface area contributed by atoms with Crippen LogP contribution in [0.4, 0.5) is 5.13 Å². The Kier molecular flexibility index (Phi) is 5.33. The van der Waals surface area contributed by atoms with Gasteiger partial charge in [0.25, 0.3) is 0 Å². The first-order valence-corrected chi connectivity index (χ1v) is 10.9. The second kappa shape index (κ2) is 7.92. The van der Waals surface area contributed by atoms with Crippen molar-refractivity contribution < 1.29 is 4.79 Å². The Balaban J connectivity index is 1.47. The van der Waals surface area contributed by atoms with Gasteiger partial charge in [-0.05, 0) is 12.1 Å². The van der Waals surface area contributed by atoms with Crippen molar-refractivity contribution in [1.82, 2.24) is 24.7 Å². The second-order valence-corrected chi connectivity index (χ2v) is 9.25. The third-order valence-electron chi connectivity index (χ3n) is 4.19. The monoisotopic (exact) mass is 424 g/mol. The van der Waals surface area contributed by atoms with Gasteiger partial charge in [-0.25, -0.2) is 19.6 Å². The maximum atomic E-state index is 12.4. The van der Waals surface area contributed by atoms with Gasteiger partial charge in [0.1, 0.15) is 11.4 Å². The number of para-hydroxylation sites is 1. The largest absolute Gasteiger partial charge is 0.301 e. The van der Waals surface area contributed by atoms with Crippen LogP contribution in [0.25, 0.3) is 16.7 Å². The van der Waals surface area contributed by atoms with E-state index in [1.807, 2.05) is 35.7 Å². The summed E-state index contributed by atoms with van der Waals surface area (Å²) in [5, 5.41) is 11.4. The van der Waals surface area contributed by atoms with Crippen molar-refractivity contribution in [2.24, 2.45) is 0 Å². The molecule has 0 spiro atoms. The maximum Gasteiger partial charge on any atom is 0.236 e. The molecule has 3 aromatic heterocycles. The van der Waals surface area contributed by atoms with Gasteiger partial charge in [-0.1, -0.05) is 50.7 Å². The van der Waals surface area contributed by atoms with Crippen molar-refractivity contribution in [3.8, 4) is 5.69 Å². The second-order valence-electron chi connectivity index (χ2n) is 7.43. The molecule has 4 aromatic rings. The number of fused-ring (bicyclic) bond motifs is 1. The molecule has 0 radical (unpaired) electrons. The Morgan fingerprint density at radius 2 is 2.00 bits per heavy atom. The maximum absolute atomic E-state index is 12.4. The fraction of sp³-hybridized carbons (Fsp3) is 0.250. The summed E-state index contributed by atoms with van der Waals surface area (Å²) < 4.78 is 1.77. The summed E-state index contributed by atoms with van der Waals surface area (Å²) in [6, 6.07) is 9.79. The molecule has 0 aliphatic rings. The molecule has 0 aliphatic carbocycles. The number of amides is 1. The lowest BCUT2D eigenvalue weighted by Gasteiger charge is -2.14. The number of hydrogen-bond donors (Lipinski definition) is 1. The molecular weight excluding hydrogens is 404 g/mol. The zero-order valence-electron chi connectivity index (χ0n) is 16.3. The van der Waals surface area contributed by atoms with Crippen molar-refractivity contribution in [1.29, 1.82) is 0 Å². The predicted octanol–water partition coefficient (Wildman–Crippen LogP) is 4.30. The zero-order valence-corrected chi connectivity index (χ0v) is 17.9. The zero-order chi connectivity index (χ0) is 20.4. The van der Waals surface area contributed by atoms with E-state index < -0.39 is 0 Å². The Morgan fingerprint density at radius 1 is 1.21 bits per heavy atom. The fourth-order valence-electron chi connectivity index (χ4n) is 2.66. The van der Waals surface area contributed by atoms with E-state index in [0.29, 0.717) is 10.8 Å². The normalized spacial score (nSPS) is 11.7. The van der Waals surface area contributed by atoms with Crippen molar-refractivity contribution in [2.75, 3.05) is 11.1 Å². The van der Waals surface area contributed by atoms with Crippen LogP contribution in [0.1, 0.15) is 26.5 Å². The molecule has 9 heteroatoms. The van der Waals surface area contributed by atoms with Crippen LogP contribution < -0.4 is 5.32 Å². The topological polar surface area (TPSA) is 85.6 Å². The molecule has 0 fully saturated rings. The molecule has 0 bridgehead atoms. The number of aromatic nitrogens is 5. The molecule has 4 rings (SSSR count). The van der Waals surface area contributed by atoms with Crippen LogP contribution in [0.2, 0.25) is 0 Å². The molecule has 29 heavy (non-hydrogen) atoms. The van der Waals surface area contributed by atoms with Gasteiger partial charge in [0, 0.05) is 10.8 Å². The van der Waals surface area contributed by atoms with Crippen LogP contribution in [-0.2, 0) is 10.2 Å². The van der Waals surface area contributed by atoms with Gasteiger partial charge in [0.2, 0.25) is 5.91 Å². The fourth-order valence-corrected chi connectivity index (χ4v) is 4.38. The number of anilines is 1. The average Bonchev–Trinajstić information content (AvgIpc) is 3.34. The van der Waals surface area contributed by atoms with Gasteiger partial charge >= 0.3 is 0 Å². The highest BCUT2D eigenvalue weighted by atomic mass is 32.2. The van der Waals surface area contributed by atoms with E-state index in [1.165, 1.54) is 29.4 Å². The van der Waals surface area contributed by atoms with Crippen LogP contribution in [0.15, 0.2) is 53.3 Å². The molecule has 0 aliphatic heterocycles. The van der Waals surface area contributed by atoms with Crippen LogP contribution in [-0.4, -0.2) is 36.4 Å². The number of carbonyl (C=O) groups excluding carboxylic acids is 1. The first kappa shape index (κ1) is 19.5. The Bertz CT molecular complexity index is 1150. The third kappa shape index (κ3) is 4.30. The van der Waals surface area contributed by atoms with Gasteiger partial charge in [-0.2, -0.15) is 5.10 Å². The minimum absolute atomic E-state index is 0.0420. The molecule has 7 nitrogen and oxygen atoms in total. The quantitative estimate of drug-likeness (QED) is 0.380. The van der Waals surface area contributed by atoms with E-state index in [0.717, 1.165) is 21.8 Å². The molecule has 148 valence electrons. The molecule has 0 saturated carbocycles. The van der Waals surface area contributed by atoms with E-state index in [9.17, 15) is 4.79 Å². The molecule has 1 aromatic carbocycles. The minimum Gasteiger partial charge on any atom is -0.301 e. The van der Waals surface area contributed by atoms with Gasteiger partial charge < -0.3 is 5.32 Å². The van der Waals surface area contributed by atoms with E-state index in [4.69, 9.17) is 0 Å². The molecule has 0 saturated heterocycles. The number of thiazole rings is 1. The first-order chi connectivity index (χ1) is 13.9. The van der Waals surface area contributed by atoms with E-state index in [2.05, 4.69) is 46.1 Å². The highest BCUT2D eigenvalue weighted by Gasteiger charge is 2.18. The van der Waals surface area contributed by atoms with Gasteiger partial charge in [0.05, 0.1) is 28.7 Å². The van der Waals surface area contributed by atoms with Crippen LogP contribution >= 0.6 is 23.1 Å². The van der Waals surface area contributed by atoms with Crippen molar-refractivity contribution in [3.63, 3.8) is 0 Å². The van der Waals surface area contributed by atoms with Gasteiger partial charge in [0.15, 0.2) is 10.8 Å². The number of nitrogens with zero attached hydrogens (tertiary/aromatic N) is 5. The smallest absolute Gasteiger partial charge is 0.236 e. The summed E-state index contributed by atoms with van der Waals surface area (Å²) in [6.45, 7) is 6.29. The summed E-state index contributed by atoms with van der Waals surface area (Å²) in [6.07, 6.45) is 3.24. The van der Waals surface area contributed by atoms with Crippen molar-refractivity contribution in [3.05, 3.63) is 53.9 Å². The van der Waals surface area contributed by atoms with E-state index >= 15 is 0 Å². The Morgan fingerprint density at radius 3 is 2.72 bits per heavy atom. The molecule has 1 amide bonds. The SMILES string of the molecule is CC(C)(C)c1csc(NC(=O)CSc2ncnc3c2cnn3-c2ccccc2)n1. The highest BCUT2D eigenvalue weighted by Crippen LogP contribution is 2.28. The standard InChI is InChI=1S/C20H20N6OS2/c1-20(2,3)15-10-29-19(24-15)25-16(27)11-28-18-14-9-23-26(17(14)21-12-22-18)13-7-5-4-6-8-13/h4-10,12H,11H2,1-3H3,(H,24,25,27). The van der Waals surface area contributed by atoms with Crippen molar-refractivity contribution in [2.45, 2.75) is 31.2 Å². The lowest BCUT2D eigenvalue weighted by molar-refractivity contribution is -0.113. The molecule has 3 heterocycles. The minimum atomic E-state index is -0.118. The average molecular weight is 425 g/mol. The third-order valence-corrected chi connectivity index (χ3v) is 5.95. The van der Waals surface area contributed by atoms with Crippen LogP contribution in [0, 0.1) is 0 Å². The summed E-state index contributed by atoms with van der Waals surface area (Å²) in [7, 11) is 0. The summed E-state index contributed by atoms with van der Waals surface area (Å²) in [4.78, 5) is 25.6. The Labute approximate surface area is 176 Å². The Hall–Kier alpha value is -2.78. The molecule has 1 N–H and O–H groups in total. The van der Waals surface area contributed by atoms with Gasteiger partial charge in [-0.3, -0.25) is 4.79 Å². The van der Waals surface area contributed by atoms with Crippen molar-refractivity contribution >= 4 is 45.2 Å². The van der Waals surface area contributed by atoms with Gasteiger partial charge in [-0.15, -0.1) is 11.3 Å². The number of carbonyl (C=O) groups is 1. The molecule has 0 unspecified atom stereocenters. The highest BCUT2D eigenvalue weighted by molar-refractivity contribution is 8.00. The summed E-state index contributed by atoms with van der Waals surface area (Å²) >= 11 is 2.80. The molecular formula is C20H20N6OS2. The number of nitrogens with one attached hydrogen (secondary N) is 1. The summed E-state index contributed by atoms with van der Waals surface area (Å²) in [5.41, 5.74) is 2.56. The lowest BCUT2D eigenvalue weighted by Crippen LogP contribution is -2.15. The summed E-state index contributed by atoms with van der Waals surface area (Å²) in [5.74, 6) is 0.111. The molecule has 0 atom stereocenters. The number of benzene rings is 1. The number of rotatable bonds is 5. The van der Waals surface area contributed by atoms with Crippen LogP contribution in [0.5, 0.6) is 0 Å². The number of hydrogen-bond acceptors (Lipinski definition) is 7. The first-order valence-electron chi connectivity index (χ1n) is 9.04. The number of thioether (sulfide) groups is 1. The van der Waals surface area contributed by atoms with E-state index in [1.54, 1.807) is 10.9 Å².